The lowest BCUT2D eigenvalue weighted by molar-refractivity contribution is 0.443. The summed E-state index contributed by atoms with van der Waals surface area (Å²) in [6, 6.07) is 7.48. The van der Waals surface area contributed by atoms with Crippen molar-refractivity contribution in [1.29, 1.82) is 0 Å². The minimum atomic E-state index is -3.87. The lowest BCUT2D eigenvalue weighted by Gasteiger charge is -2.22. The molecule has 1 aliphatic carbocycles. The topological polar surface area (TPSA) is 61.2 Å². The first-order chi connectivity index (χ1) is 11.4. The highest BCUT2D eigenvalue weighted by molar-refractivity contribution is 7.87. The molecule has 0 bridgehead atoms. The zero-order chi connectivity index (χ0) is 17.3. The Morgan fingerprint density at radius 2 is 1.71 bits per heavy atom. The molecule has 0 saturated heterocycles. The molecule has 24 heavy (non-hydrogen) atoms. The van der Waals surface area contributed by atoms with Crippen molar-refractivity contribution < 1.29 is 12.6 Å². The molecule has 1 heterocycles. The molecule has 5 nitrogen and oxygen atoms in total. The van der Waals surface area contributed by atoms with Crippen molar-refractivity contribution in [2.75, 3.05) is 0 Å². The summed E-state index contributed by atoms with van der Waals surface area (Å²) in [6.07, 6.45) is 6.30. The standard InChI is InChI=1S/C18H24N2O3S/c1-13-18(14(2)20(3)19-13)24(21,22)23-17-11-9-16(10-12-17)15-7-5-4-6-8-15/h9-12,15H,4-8H2,1-3H3. The molecule has 1 aromatic heterocycles. The van der Waals surface area contributed by atoms with Crippen molar-refractivity contribution in [3.63, 3.8) is 0 Å². The highest BCUT2D eigenvalue weighted by Crippen LogP contribution is 2.33. The van der Waals surface area contributed by atoms with E-state index >= 15 is 0 Å². The van der Waals surface area contributed by atoms with E-state index in [0.29, 0.717) is 23.1 Å². The SMILES string of the molecule is Cc1nn(C)c(C)c1S(=O)(=O)Oc1ccc(C2CCCCC2)cc1. The predicted molar refractivity (Wildman–Crippen MR) is 92.8 cm³/mol. The second-order valence-electron chi connectivity index (χ2n) is 6.56. The lowest BCUT2D eigenvalue weighted by Crippen LogP contribution is -2.12. The molecule has 1 fully saturated rings. The Hall–Kier alpha value is -1.82. The van der Waals surface area contributed by atoms with Gasteiger partial charge in [0.1, 0.15) is 10.6 Å². The number of hydrogen-bond acceptors (Lipinski definition) is 4. The maximum Gasteiger partial charge on any atom is 0.342 e. The van der Waals surface area contributed by atoms with Gasteiger partial charge in [-0.2, -0.15) is 13.5 Å². The molecular formula is C18H24N2O3S. The third-order valence-electron chi connectivity index (χ3n) is 4.86. The summed E-state index contributed by atoms with van der Waals surface area (Å²) >= 11 is 0. The van der Waals surface area contributed by atoms with E-state index in [-0.39, 0.29) is 4.90 Å². The van der Waals surface area contributed by atoms with Gasteiger partial charge >= 0.3 is 10.1 Å². The van der Waals surface area contributed by atoms with Gasteiger partial charge in [-0.1, -0.05) is 31.4 Å². The molecular weight excluding hydrogens is 324 g/mol. The van der Waals surface area contributed by atoms with Crippen molar-refractivity contribution in [3.8, 4) is 5.75 Å². The van der Waals surface area contributed by atoms with E-state index in [1.807, 2.05) is 12.1 Å². The fraction of sp³-hybridized carbons (Fsp3) is 0.500. The first-order valence-electron chi connectivity index (χ1n) is 8.43. The molecule has 3 rings (SSSR count). The number of aryl methyl sites for hydroxylation is 2. The maximum atomic E-state index is 12.6. The molecule has 0 aliphatic heterocycles. The first kappa shape index (κ1) is 17.0. The van der Waals surface area contributed by atoms with E-state index in [0.717, 1.165) is 0 Å². The molecule has 1 aromatic carbocycles. The van der Waals surface area contributed by atoms with E-state index in [2.05, 4.69) is 5.10 Å². The monoisotopic (exact) mass is 348 g/mol. The van der Waals surface area contributed by atoms with E-state index in [4.69, 9.17) is 4.18 Å². The van der Waals surface area contributed by atoms with Crippen LogP contribution in [0.25, 0.3) is 0 Å². The third-order valence-corrected chi connectivity index (χ3v) is 6.36. The molecule has 1 aliphatic rings. The Morgan fingerprint density at radius 1 is 1.08 bits per heavy atom. The molecule has 0 atom stereocenters. The zero-order valence-corrected chi connectivity index (χ0v) is 15.3. The van der Waals surface area contributed by atoms with Crippen molar-refractivity contribution in [3.05, 3.63) is 41.2 Å². The Labute approximate surface area is 143 Å². The Kier molecular flexibility index (Phi) is 4.67. The van der Waals surface area contributed by atoms with Gasteiger partial charge in [-0.15, -0.1) is 0 Å². The van der Waals surface area contributed by atoms with Crippen LogP contribution in [-0.4, -0.2) is 18.2 Å². The quantitative estimate of drug-likeness (QED) is 0.787. The predicted octanol–water partition coefficient (Wildman–Crippen LogP) is 3.85. The van der Waals surface area contributed by atoms with Crippen LogP contribution in [0.3, 0.4) is 0 Å². The summed E-state index contributed by atoms with van der Waals surface area (Å²) in [5, 5.41) is 4.15. The van der Waals surface area contributed by atoms with Gasteiger partial charge in [-0.3, -0.25) is 4.68 Å². The molecule has 6 heteroatoms. The summed E-state index contributed by atoms with van der Waals surface area (Å²) in [5.41, 5.74) is 2.30. The van der Waals surface area contributed by atoms with Crippen molar-refractivity contribution in [2.24, 2.45) is 7.05 Å². The second kappa shape index (κ2) is 6.59. The number of aromatic nitrogens is 2. The van der Waals surface area contributed by atoms with Crippen LogP contribution in [0.4, 0.5) is 0 Å². The van der Waals surface area contributed by atoms with Crippen LogP contribution in [-0.2, 0) is 17.2 Å². The Balaban J connectivity index is 1.80. The molecule has 0 N–H and O–H groups in total. The smallest absolute Gasteiger partial charge is 0.342 e. The Bertz CT molecular complexity index is 817. The van der Waals surface area contributed by atoms with Crippen molar-refractivity contribution in [2.45, 2.75) is 56.8 Å². The first-order valence-corrected chi connectivity index (χ1v) is 9.84. The minimum absolute atomic E-state index is 0.154. The van der Waals surface area contributed by atoms with Crippen LogP contribution in [0.5, 0.6) is 5.75 Å². The van der Waals surface area contributed by atoms with Crippen molar-refractivity contribution in [1.82, 2.24) is 9.78 Å². The van der Waals surface area contributed by atoms with Gasteiger partial charge in [0, 0.05) is 7.05 Å². The average Bonchev–Trinajstić information content (AvgIpc) is 2.81. The molecule has 0 spiro atoms. The van der Waals surface area contributed by atoms with Crippen LogP contribution < -0.4 is 4.18 Å². The van der Waals surface area contributed by atoms with E-state index in [1.54, 1.807) is 37.7 Å². The summed E-state index contributed by atoms with van der Waals surface area (Å²) in [4.78, 5) is 0.154. The number of nitrogens with zero attached hydrogens (tertiary/aromatic N) is 2. The maximum absolute atomic E-state index is 12.6. The van der Waals surface area contributed by atoms with Crippen LogP contribution in [0.15, 0.2) is 29.2 Å². The number of benzene rings is 1. The molecule has 0 amide bonds. The van der Waals surface area contributed by atoms with Gasteiger partial charge in [0.2, 0.25) is 0 Å². The molecule has 2 aromatic rings. The van der Waals surface area contributed by atoms with Gasteiger partial charge in [0.05, 0.1) is 11.4 Å². The molecule has 0 unspecified atom stereocenters. The van der Waals surface area contributed by atoms with Crippen molar-refractivity contribution >= 4 is 10.1 Å². The second-order valence-corrected chi connectivity index (χ2v) is 8.05. The molecule has 1 saturated carbocycles. The molecule has 0 radical (unpaired) electrons. The number of rotatable bonds is 4. The highest BCUT2D eigenvalue weighted by Gasteiger charge is 2.26. The van der Waals surface area contributed by atoms with Gasteiger partial charge in [-0.05, 0) is 50.3 Å². The van der Waals surface area contributed by atoms with E-state index in [9.17, 15) is 8.42 Å². The average molecular weight is 348 g/mol. The summed E-state index contributed by atoms with van der Waals surface area (Å²) < 4.78 is 32.0. The highest BCUT2D eigenvalue weighted by atomic mass is 32.2. The lowest BCUT2D eigenvalue weighted by atomic mass is 9.84. The Morgan fingerprint density at radius 3 is 2.25 bits per heavy atom. The fourth-order valence-electron chi connectivity index (χ4n) is 3.52. The third kappa shape index (κ3) is 3.34. The van der Waals surface area contributed by atoms with Gasteiger partial charge in [0.25, 0.3) is 0 Å². The molecule has 130 valence electrons. The zero-order valence-electron chi connectivity index (χ0n) is 14.4. The van der Waals surface area contributed by atoms with E-state index < -0.39 is 10.1 Å². The van der Waals surface area contributed by atoms with E-state index in [1.165, 1.54) is 37.7 Å². The van der Waals surface area contributed by atoms with Crippen LogP contribution in [0.2, 0.25) is 0 Å². The number of hydrogen-bond donors (Lipinski definition) is 0. The summed E-state index contributed by atoms with van der Waals surface area (Å²) in [7, 11) is -2.15. The normalized spacial score (nSPS) is 16.3. The van der Waals surface area contributed by atoms with Crippen LogP contribution in [0.1, 0.15) is 55.0 Å². The summed E-state index contributed by atoms with van der Waals surface area (Å²) in [6.45, 7) is 3.40. The minimum Gasteiger partial charge on any atom is -0.379 e. The fourth-order valence-corrected chi connectivity index (χ4v) is 4.86. The van der Waals surface area contributed by atoms with Gasteiger partial charge in [0.15, 0.2) is 0 Å². The van der Waals surface area contributed by atoms with Gasteiger partial charge < -0.3 is 4.18 Å². The van der Waals surface area contributed by atoms with Crippen LogP contribution in [0, 0.1) is 13.8 Å². The summed E-state index contributed by atoms with van der Waals surface area (Å²) in [5.74, 6) is 0.935. The largest absolute Gasteiger partial charge is 0.379 e. The van der Waals surface area contributed by atoms with Crippen LogP contribution >= 0.6 is 0 Å². The van der Waals surface area contributed by atoms with Gasteiger partial charge in [-0.25, -0.2) is 0 Å².